The Morgan fingerprint density at radius 1 is 1.47 bits per heavy atom. The van der Waals surface area contributed by atoms with Crippen LogP contribution in [0.25, 0.3) is 0 Å². The van der Waals surface area contributed by atoms with Crippen LogP contribution in [0.1, 0.15) is 30.0 Å². The largest absolute Gasteiger partial charge is 0.383 e. The number of carbonyl (C=O) groups is 1. The fraction of sp³-hybridized carbons (Fsp3) is 0.615. The summed E-state index contributed by atoms with van der Waals surface area (Å²) in [6.07, 6.45) is 1.49. The molecule has 2 heterocycles. The first-order valence-corrected chi connectivity index (χ1v) is 6.42. The molecule has 1 aliphatic rings. The highest BCUT2D eigenvalue weighted by molar-refractivity contribution is 5.98. The van der Waals surface area contributed by atoms with E-state index in [1.807, 2.05) is 4.90 Å². The van der Waals surface area contributed by atoms with E-state index in [1.165, 1.54) is 6.20 Å². The number of anilines is 1. The molecule has 0 saturated carbocycles. The number of ether oxygens (including phenoxy) is 1. The van der Waals surface area contributed by atoms with Crippen LogP contribution < -0.4 is 5.73 Å². The molecule has 1 aromatic rings. The zero-order valence-electron chi connectivity index (χ0n) is 11.6. The molecule has 2 rings (SSSR count). The van der Waals surface area contributed by atoms with Crippen molar-refractivity contribution in [2.24, 2.45) is 11.8 Å². The van der Waals surface area contributed by atoms with E-state index in [1.54, 1.807) is 7.11 Å². The van der Waals surface area contributed by atoms with E-state index >= 15 is 0 Å². The van der Waals surface area contributed by atoms with Gasteiger partial charge in [-0.25, -0.2) is 9.97 Å². The van der Waals surface area contributed by atoms with Crippen molar-refractivity contribution in [3.8, 4) is 0 Å². The predicted octanol–water partition coefficient (Wildman–Crippen LogP) is 0.933. The first-order chi connectivity index (χ1) is 9.02. The summed E-state index contributed by atoms with van der Waals surface area (Å²) in [5.74, 6) is 1.65. The lowest BCUT2D eigenvalue weighted by molar-refractivity contribution is 0.0785. The zero-order chi connectivity index (χ0) is 14.0. The van der Waals surface area contributed by atoms with Gasteiger partial charge in [0, 0.05) is 26.4 Å². The van der Waals surface area contributed by atoms with Gasteiger partial charge in [-0.1, -0.05) is 13.8 Å². The van der Waals surface area contributed by atoms with E-state index in [4.69, 9.17) is 10.5 Å². The molecule has 2 atom stereocenters. The fourth-order valence-corrected chi connectivity index (χ4v) is 2.26. The molecule has 0 spiro atoms. The highest BCUT2D eigenvalue weighted by Gasteiger charge is 2.31. The number of rotatable bonds is 3. The molecule has 0 radical (unpaired) electrons. The number of amides is 1. The molecular formula is C13H20N4O2. The summed E-state index contributed by atoms with van der Waals surface area (Å²) in [4.78, 5) is 22.4. The third-order valence-electron chi connectivity index (χ3n) is 3.65. The molecule has 1 saturated heterocycles. The maximum atomic E-state index is 12.4. The van der Waals surface area contributed by atoms with Crippen molar-refractivity contribution in [1.82, 2.24) is 14.9 Å². The number of aromatic nitrogens is 2. The Morgan fingerprint density at radius 3 is 2.63 bits per heavy atom. The number of carbonyl (C=O) groups excluding carboxylic acids is 1. The summed E-state index contributed by atoms with van der Waals surface area (Å²) >= 11 is 0. The van der Waals surface area contributed by atoms with Crippen molar-refractivity contribution in [1.29, 1.82) is 0 Å². The smallest absolute Gasteiger partial charge is 0.259 e. The van der Waals surface area contributed by atoms with Crippen molar-refractivity contribution in [3.63, 3.8) is 0 Å². The van der Waals surface area contributed by atoms with Crippen LogP contribution in [0.5, 0.6) is 0 Å². The topological polar surface area (TPSA) is 81.3 Å². The third kappa shape index (κ3) is 2.84. The van der Waals surface area contributed by atoms with E-state index in [2.05, 4.69) is 23.8 Å². The predicted molar refractivity (Wildman–Crippen MR) is 71.4 cm³/mol. The average Bonchev–Trinajstić information content (AvgIpc) is 2.69. The van der Waals surface area contributed by atoms with Gasteiger partial charge in [-0.2, -0.15) is 0 Å². The standard InChI is InChI=1S/C13H20N4O2/c1-8-5-17(6-9(8)2)13(18)10-4-15-11(7-19-3)16-12(10)14/h4,8-9H,5-7H2,1-3H3,(H2,14,15,16). The summed E-state index contributed by atoms with van der Waals surface area (Å²) in [7, 11) is 1.56. The van der Waals surface area contributed by atoms with Crippen LogP contribution in [0.15, 0.2) is 6.20 Å². The average molecular weight is 264 g/mol. The van der Waals surface area contributed by atoms with Gasteiger partial charge in [0.1, 0.15) is 18.0 Å². The van der Waals surface area contributed by atoms with Gasteiger partial charge in [0.05, 0.1) is 0 Å². The Balaban J connectivity index is 2.16. The molecule has 0 aromatic carbocycles. The number of nitrogen functional groups attached to an aromatic ring is 1. The molecule has 0 aliphatic carbocycles. The number of likely N-dealkylation sites (tertiary alicyclic amines) is 1. The van der Waals surface area contributed by atoms with Gasteiger partial charge >= 0.3 is 0 Å². The lowest BCUT2D eigenvalue weighted by atomic mass is 10.0. The molecule has 1 aliphatic heterocycles. The third-order valence-corrected chi connectivity index (χ3v) is 3.65. The van der Waals surface area contributed by atoms with E-state index in [9.17, 15) is 4.79 Å². The highest BCUT2D eigenvalue weighted by atomic mass is 16.5. The Hall–Kier alpha value is -1.69. The molecule has 1 amide bonds. The van der Waals surface area contributed by atoms with Crippen molar-refractivity contribution in [2.75, 3.05) is 25.9 Å². The number of nitrogens with two attached hydrogens (primary N) is 1. The molecule has 104 valence electrons. The molecule has 0 bridgehead atoms. The summed E-state index contributed by atoms with van der Waals surface area (Å²) < 4.78 is 4.94. The van der Waals surface area contributed by atoms with E-state index < -0.39 is 0 Å². The molecule has 6 heteroatoms. The van der Waals surface area contributed by atoms with Gasteiger partial charge in [-0.05, 0) is 11.8 Å². The quantitative estimate of drug-likeness (QED) is 0.878. The first-order valence-electron chi connectivity index (χ1n) is 6.42. The molecule has 2 unspecified atom stereocenters. The Kier molecular flexibility index (Phi) is 3.99. The lowest BCUT2D eigenvalue weighted by Gasteiger charge is -2.16. The monoisotopic (exact) mass is 264 g/mol. The van der Waals surface area contributed by atoms with Crippen LogP contribution in [0.4, 0.5) is 5.82 Å². The van der Waals surface area contributed by atoms with Crippen LogP contribution in [0.2, 0.25) is 0 Å². The zero-order valence-corrected chi connectivity index (χ0v) is 11.6. The number of hydrogen-bond donors (Lipinski definition) is 1. The van der Waals surface area contributed by atoms with E-state index in [0.717, 1.165) is 13.1 Å². The fourth-order valence-electron chi connectivity index (χ4n) is 2.26. The van der Waals surface area contributed by atoms with Crippen molar-refractivity contribution < 1.29 is 9.53 Å². The van der Waals surface area contributed by atoms with Crippen molar-refractivity contribution in [3.05, 3.63) is 17.6 Å². The highest BCUT2D eigenvalue weighted by Crippen LogP contribution is 2.24. The molecule has 1 aromatic heterocycles. The van der Waals surface area contributed by atoms with Crippen molar-refractivity contribution in [2.45, 2.75) is 20.5 Å². The second-order valence-electron chi connectivity index (χ2n) is 5.18. The van der Waals surface area contributed by atoms with Gasteiger partial charge in [0.2, 0.25) is 0 Å². The normalized spacial score (nSPS) is 22.8. The summed E-state index contributed by atoms with van der Waals surface area (Å²) in [6.45, 7) is 6.12. The molecule has 19 heavy (non-hydrogen) atoms. The van der Waals surface area contributed by atoms with Crippen molar-refractivity contribution >= 4 is 11.7 Å². The second-order valence-corrected chi connectivity index (χ2v) is 5.18. The van der Waals surface area contributed by atoms with Gasteiger partial charge in [0.15, 0.2) is 5.82 Å². The summed E-state index contributed by atoms with van der Waals surface area (Å²) in [6, 6.07) is 0. The van der Waals surface area contributed by atoms with Gasteiger partial charge in [-0.3, -0.25) is 4.79 Å². The Bertz CT molecular complexity index is 468. The maximum absolute atomic E-state index is 12.4. The van der Waals surface area contributed by atoms with Gasteiger partial charge in [-0.15, -0.1) is 0 Å². The van der Waals surface area contributed by atoms with E-state index in [0.29, 0.717) is 23.2 Å². The van der Waals surface area contributed by atoms with Crippen LogP contribution in [0.3, 0.4) is 0 Å². The van der Waals surface area contributed by atoms with Gasteiger partial charge < -0.3 is 15.4 Å². The minimum absolute atomic E-state index is 0.0855. The molecule has 6 nitrogen and oxygen atoms in total. The molecular weight excluding hydrogens is 244 g/mol. The van der Waals surface area contributed by atoms with Crippen LogP contribution >= 0.6 is 0 Å². The molecule has 1 fully saturated rings. The minimum atomic E-state index is -0.0855. The summed E-state index contributed by atoms with van der Waals surface area (Å²) in [5, 5.41) is 0. The van der Waals surface area contributed by atoms with E-state index in [-0.39, 0.29) is 18.3 Å². The Morgan fingerprint density at radius 2 is 2.11 bits per heavy atom. The number of nitrogens with zero attached hydrogens (tertiary/aromatic N) is 3. The first kappa shape index (κ1) is 13.7. The number of methoxy groups -OCH3 is 1. The number of hydrogen-bond acceptors (Lipinski definition) is 5. The summed E-state index contributed by atoms with van der Waals surface area (Å²) in [5.41, 5.74) is 6.21. The minimum Gasteiger partial charge on any atom is -0.383 e. The lowest BCUT2D eigenvalue weighted by Crippen LogP contribution is -2.30. The second kappa shape index (κ2) is 5.52. The maximum Gasteiger partial charge on any atom is 0.259 e. The molecule has 2 N–H and O–H groups in total. The van der Waals surface area contributed by atoms with Gasteiger partial charge in [0.25, 0.3) is 5.91 Å². The van der Waals surface area contributed by atoms with Crippen LogP contribution in [-0.4, -0.2) is 41.0 Å². The van der Waals surface area contributed by atoms with Crippen LogP contribution in [0, 0.1) is 11.8 Å². The Labute approximate surface area is 113 Å². The SMILES string of the molecule is COCc1ncc(C(=O)N2CC(C)C(C)C2)c(N)n1. The van der Waals surface area contributed by atoms with Crippen LogP contribution in [-0.2, 0) is 11.3 Å².